The summed E-state index contributed by atoms with van der Waals surface area (Å²) in [7, 11) is -3.93. The van der Waals surface area contributed by atoms with Gasteiger partial charge in [-0.25, -0.2) is 15.0 Å². The summed E-state index contributed by atoms with van der Waals surface area (Å²) in [5, 5.41) is 0. The lowest BCUT2D eigenvalue weighted by Crippen LogP contribution is -2.15. The molecule has 0 saturated heterocycles. The predicted molar refractivity (Wildman–Crippen MR) is 83.0 cm³/mol. The zero-order chi connectivity index (χ0) is 17.6. The number of imidazole rings is 1. The summed E-state index contributed by atoms with van der Waals surface area (Å²) < 4.78 is 27.7. The van der Waals surface area contributed by atoms with Gasteiger partial charge in [0.2, 0.25) is 0 Å². The molecule has 0 fully saturated rings. The number of carbonyl (C=O) groups excluding carboxylic acids is 1. The first-order valence-electron chi connectivity index (χ1n) is 7.04. The third-order valence-corrected chi connectivity index (χ3v) is 4.13. The van der Waals surface area contributed by atoms with Crippen LogP contribution in [0.3, 0.4) is 0 Å². The molecule has 0 amide bonds. The lowest BCUT2D eigenvalue weighted by molar-refractivity contribution is -0.142. The summed E-state index contributed by atoms with van der Waals surface area (Å²) in [6.45, 7) is 1.75. The largest absolute Gasteiger partial charge is 0.463 e. The van der Waals surface area contributed by atoms with Crippen LogP contribution >= 0.6 is 7.60 Å². The third-order valence-electron chi connectivity index (χ3n) is 2.81. The molecule has 1 atom stereocenters. The molecule has 0 saturated carbocycles. The van der Waals surface area contributed by atoms with E-state index in [2.05, 4.69) is 19.5 Å². The number of aromatic nitrogens is 4. The van der Waals surface area contributed by atoms with Crippen molar-refractivity contribution >= 4 is 30.5 Å². The second-order valence-corrected chi connectivity index (χ2v) is 6.47. The van der Waals surface area contributed by atoms with Crippen molar-refractivity contribution in [2.75, 3.05) is 31.7 Å². The molecule has 2 aromatic rings. The van der Waals surface area contributed by atoms with E-state index in [9.17, 15) is 14.3 Å². The minimum absolute atomic E-state index is 0.0388. The Balaban J connectivity index is 1.72. The maximum absolute atomic E-state index is 11.4. The van der Waals surface area contributed by atoms with Gasteiger partial charge in [-0.2, -0.15) is 0 Å². The number of nitrogens with two attached hydrogens (primary N) is 1. The molecule has 24 heavy (non-hydrogen) atoms. The van der Waals surface area contributed by atoms with Gasteiger partial charge < -0.3 is 24.6 Å². The minimum atomic E-state index is -3.93. The van der Waals surface area contributed by atoms with Crippen LogP contribution in [0, 0.1) is 0 Å². The monoisotopic (exact) mass is 359 g/mol. The maximum atomic E-state index is 11.4. The highest BCUT2D eigenvalue weighted by Gasteiger charge is 2.24. The van der Waals surface area contributed by atoms with E-state index in [4.69, 9.17) is 15.2 Å². The summed E-state index contributed by atoms with van der Waals surface area (Å²) >= 11 is 0. The van der Waals surface area contributed by atoms with Crippen molar-refractivity contribution in [3.05, 3.63) is 12.7 Å². The van der Waals surface area contributed by atoms with Crippen LogP contribution in [0.4, 0.5) is 5.82 Å². The Morgan fingerprint density at radius 1 is 1.38 bits per heavy atom. The Kier molecular flexibility index (Phi) is 6.21. The Bertz CT molecular complexity index is 751. The van der Waals surface area contributed by atoms with E-state index >= 15 is 0 Å². The zero-order valence-electron chi connectivity index (χ0n) is 13.0. The summed E-state index contributed by atoms with van der Waals surface area (Å²) in [5.41, 5.74) is 6.67. The van der Waals surface area contributed by atoms with Crippen molar-refractivity contribution in [3.8, 4) is 0 Å². The fourth-order valence-corrected chi connectivity index (χ4v) is 2.74. The Hall–Kier alpha value is -2.07. The van der Waals surface area contributed by atoms with Crippen LogP contribution in [0.25, 0.3) is 11.2 Å². The van der Waals surface area contributed by atoms with Crippen molar-refractivity contribution in [2.45, 2.75) is 13.7 Å². The van der Waals surface area contributed by atoms with Gasteiger partial charge in [0, 0.05) is 0 Å². The van der Waals surface area contributed by atoms with Gasteiger partial charge in [-0.05, 0) is 6.92 Å². The van der Waals surface area contributed by atoms with E-state index in [-0.39, 0.29) is 32.4 Å². The quantitative estimate of drug-likeness (QED) is 0.359. The molecule has 12 heteroatoms. The highest BCUT2D eigenvalue weighted by molar-refractivity contribution is 7.53. The third kappa shape index (κ3) is 4.96. The Morgan fingerprint density at radius 2 is 2.17 bits per heavy atom. The molecule has 0 aliphatic heterocycles. The fraction of sp³-hybridized carbons (Fsp3) is 0.500. The number of nitrogens with zero attached hydrogens (tertiary/aromatic N) is 4. The first-order chi connectivity index (χ1) is 11.4. The molecule has 0 aliphatic carbocycles. The number of carbonyl (C=O) groups is 1. The molecule has 0 bridgehead atoms. The van der Waals surface area contributed by atoms with Gasteiger partial charge in [-0.15, -0.1) is 0 Å². The van der Waals surface area contributed by atoms with Crippen LogP contribution in [-0.4, -0.2) is 56.4 Å². The number of fused-ring (bicyclic) bond motifs is 1. The van der Waals surface area contributed by atoms with Gasteiger partial charge in [-0.3, -0.25) is 13.9 Å². The van der Waals surface area contributed by atoms with E-state index in [0.717, 1.165) is 0 Å². The SMILES string of the molecule is CCOP(=O)(O)CC(=O)OCCOCn1cnc2c(N)ncnc21. The first kappa shape index (κ1) is 18.3. The van der Waals surface area contributed by atoms with Crippen molar-refractivity contribution < 1.29 is 28.3 Å². The second kappa shape index (κ2) is 8.15. The fourth-order valence-electron chi connectivity index (χ4n) is 1.83. The molecule has 2 aromatic heterocycles. The molecular formula is C12H18N5O6P. The molecule has 0 spiro atoms. The zero-order valence-corrected chi connectivity index (χ0v) is 13.9. The predicted octanol–water partition coefficient (Wildman–Crippen LogP) is 0.148. The minimum Gasteiger partial charge on any atom is -0.463 e. The van der Waals surface area contributed by atoms with Crippen molar-refractivity contribution in [1.29, 1.82) is 0 Å². The van der Waals surface area contributed by atoms with Gasteiger partial charge in [-0.1, -0.05) is 0 Å². The molecule has 3 N–H and O–H groups in total. The summed E-state index contributed by atoms with van der Waals surface area (Å²) in [6.07, 6.45) is 2.14. The highest BCUT2D eigenvalue weighted by atomic mass is 31.2. The Labute approximate surface area is 137 Å². The van der Waals surface area contributed by atoms with Crippen molar-refractivity contribution in [1.82, 2.24) is 19.5 Å². The van der Waals surface area contributed by atoms with Crippen LogP contribution in [0.5, 0.6) is 0 Å². The van der Waals surface area contributed by atoms with Gasteiger partial charge in [0.15, 0.2) is 11.5 Å². The average molecular weight is 359 g/mol. The number of esters is 1. The van der Waals surface area contributed by atoms with Crippen LogP contribution in [0.15, 0.2) is 12.7 Å². The van der Waals surface area contributed by atoms with Crippen LogP contribution in [0.1, 0.15) is 6.92 Å². The second-order valence-electron chi connectivity index (χ2n) is 4.62. The molecule has 1 unspecified atom stereocenters. The number of nitrogen functional groups attached to an aromatic ring is 1. The number of anilines is 1. The molecule has 0 aromatic carbocycles. The molecule has 0 radical (unpaired) electrons. The molecule has 2 heterocycles. The van der Waals surface area contributed by atoms with Crippen LogP contribution in [-0.2, 0) is 30.1 Å². The van der Waals surface area contributed by atoms with Crippen LogP contribution in [0.2, 0.25) is 0 Å². The summed E-state index contributed by atoms with van der Waals surface area (Å²) in [6, 6.07) is 0. The summed E-state index contributed by atoms with van der Waals surface area (Å²) in [5.74, 6) is -0.554. The van der Waals surface area contributed by atoms with E-state index in [1.165, 1.54) is 12.7 Å². The number of hydrogen-bond donors (Lipinski definition) is 2. The van der Waals surface area contributed by atoms with Gasteiger partial charge in [0.1, 0.15) is 31.3 Å². The topological polar surface area (TPSA) is 152 Å². The maximum Gasteiger partial charge on any atom is 0.339 e. The lowest BCUT2D eigenvalue weighted by Gasteiger charge is -2.10. The number of hydrogen-bond acceptors (Lipinski definition) is 9. The Morgan fingerprint density at radius 3 is 2.92 bits per heavy atom. The van der Waals surface area contributed by atoms with E-state index < -0.39 is 19.7 Å². The van der Waals surface area contributed by atoms with E-state index in [0.29, 0.717) is 11.2 Å². The molecule has 2 rings (SSSR count). The lowest BCUT2D eigenvalue weighted by atomic mass is 10.5. The smallest absolute Gasteiger partial charge is 0.339 e. The molecule has 11 nitrogen and oxygen atoms in total. The number of rotatable bonds is 9. The van der Waals surface area contributed by atoms with Gasteiger partial charge in [0.25, 0.3) is 0 Å². The summed E-state index contributed by atoms with van der Waals surface area (Å²) in [4.78, 5) is 32.7. The first-order valence-corrected chi connectivity index (χ1v) is 8.80. The normalized spacial score (nSPS) is 13.8. The van der Waals surface area contributed by atoms with Crippen molar-refractivity contribution in [3.63, 3.8) is 0 Å². The number of ether oxygens (including phenoxy) is 2. The van der Waals surface area contributed by atoms with Gasteiger partial charge >= 0.3 is 13.6 Å². The molecular weight excluding hydrogens is 341 g/mol. The van der Waals surface area contributed by atoms with Crippen molar-refractivity contribution in [2.24, 2.45) is 0 Å². The highest BCUT2D eigenvalue weighted by Crippen LogP contribution is 2.41. The average Bonchev–Trinajstić information content (AvgIpc) is 2.91. The molecule has 0 aliphatic rings. The van der Waals surface area contributed by atoms with Crippen LogP contribution < -0.4 is 5.73 Å². The van der Waals surface area contributed by atoms with Gasteiger partial charge in [0.05, 0.1) is 19.5 Å². The molecule has 132 valence electrons. The standard InChI is InChI=1S/C12H18N5O6P/c1-2-23-24(19,20)5-9(18)22-4-3-21-8-17-7-16-10-11(13)14-6-15-12(10)17/h6-7H,2-5,8H2,1H3,(H,19,20)(H2,13,14,15). The van der Waals surface area contributed by atoms with E-state index in [1.807, 2.05) is 0 Å². The van der Waals surface area contributed by atoms with E-state index in [1.54, 1.807) is 11.5 Å².